The number of aromatic nitrogens is 2. The maximum atomic E-state index is 5.81. The van der Waals surface area contributed by atoms with Crippen molar-refractivity contribution in [1.29, 1.82) is 0 Å². The standard InChI is InChI=1S/C12H14ClN3/c1-16-7-6-15-12(16)9-14-8-10-2-4-11(13)5-3-10/h2-7,14H,8-9H2,1H3. The van der Waals surface area contributed by atoms with Gasteiger partial charge in [0.05, 0.1) is 6.54 Å². The van der Waals surface area contributed by atoms with E-state index in [1.807, 2.05) is 42.1 Å². The van der Waals surface area contributed by atoms with E-state index in [9.17, 15) is 0 Å². The fourth-order valence-corrected chi connectivity index (χ4v) is 1.61. The van der Waals surface area contributed by atoms with E-state index < -0.39 is 0 Å². The van der Waals surface area contributed by atoms with Gasteiger partial charge in [0.25, 0.3) is 0 Å². The highest BCUT2D eigenvalue weighted by Gasteiger charge is 1.98. The smallest absolute Gasteiger partial charge is 0.122 e. The Bertz CT molecular complexity index is 448. The molecule has 0 atom stereocenters. The van der Waals surface area contributed by atoms with Gasteiger partial charge in [-0.25, -0.2) is 4.98 Å². The Morgan fingerprint density at radius 1 is 1.25 bits per heavy atom. The average Bonchev–Trinajstić information content (AvgIpc) is 2.68. The number of hydrogen-bond acceptors (Lipinski definition) is 2. The number of nitrogens with zero attached hydrogens (tertiary/aromatic N) is 2. The molecular formula is C12H14ClN3. The first-order valence-corrected chi connectivity index (χ1v) is 5.55. The SMILES string of the molecule is Cn1ccnc1CNCc1ccc(Cl)cc1. The van der Waals surface area contributed by atoms with Crippen molar-refractivity contribution in [2.24, 2.45) is 7.05 Å². The van der Waals surface area contributed by atoms with E-state index in [0.717, 1.165) is 23.9 Å². The Balaban J connectivity index is 1.84. The zero-order chi connectivity index (χ0) is 11.4. The van der Waals surface area contributed by atoms with Gasteiger partial charge in [-0.05, 0) is 17.7 Å². The molecule has 1 heterocycles. The van der Waals surface area contributed by atoms with Gasteiger partial charge in [-0.2, -0.15) is 0 Å². The van der Waals surface area contributed by atoms with Crippen LogP contribution in [-0.2, 0) is 20.1 Å². The Hall–Kier alpha value is -1.32. The van der Waals surface area contributed by atoms with Crippen molar-refractivity contribution in [2.75, 3.05) is 0 Å². The van der Waals surface area contributed by atoms with Crippen molar-refractivity contribution in [2.45, 2.75) is 13.1 Å². The van der Waals surface area contributed by atoms with E-state index in [4.69, 9.17) is 11.6 Å². The van der Waals surface area contributed by atoms with Crippen LogP contribution in [0.3, 0.4) is 0 Å². The summed E-state index contributed by atoms with van der Waals surface area (Å²) in [6.07, 6.45) is 3.75. The van der Waals surface area contributed by atoms with Crippen LogP contribution in [0.25, 0.3) is 0 Å². The summed E-state index contributed by atoms with van der Waals surface area (Å²) in [7, 11) is 1.99. The van der Waals surface area contributed by atoms with Gasteiger partial charge in [0.2, 0.25) is 0 Å². The molecule has 0 fully saturated rings. The molecule has 0 aliphatic rings. The van der Waals surface area contributed by atoms with Crippen molar-refractivity contribution in [3.63, 3.8) is 0 Å². The molecule has 84 valence electrons. The first-order valence-electron chi connectivity index (χ1n) is 5.17. The number of aryl methyl sites for hydroxylation is 1. The molecule has 0 radical (unpaired) electrons. The Labute approximate surface area is 100 Å². The fraction of sp³-hybridized carbons (Fsp3) is 0.250. The van der Waals surface area contributed by atoms with E-state index >= 15 is 0 Å². The molecule has 16 heavy (non-hydrogen) atoms. The van der Waals surface area contributed by atoms with Gasteiger partial charge in [-0.3, -0.25) is 0 Å². The van der Waals surface area contributed by atoms with Crippen molar-refractivity contribution in [3.05, 3.63) is 53.1 Å². The molecule has 0 amide bonds. The summed E-state index contributed by atoms with van der Waals surface area (Å²) in [5, 5.41) is 4.11. The monoisotopic (exact) mass is 235 g/mol. The normalized spacial score (nSPS) is 10.6. The zero-order valence-corrected chi connectivity index (χ0v) is 9.91. The molecule has 3 nitrogen and oxygen atoms in total. The highest BCUT2D eigenvalue weighted by atomic mass is 35.5. The third kappa shape index (κ3) is 2.84. The molecule has 1 aromatic heterocycles. The van der Waals surface area contributed by atoms with Gasteiger partial charge >= 0.3 is 0 Å². The second kappa shape index (κ2) is 5.14. The summed E-state index contributed by atoms with van der Waals surface area (Å²) in [5.74, 6) is 1.04. The first kappa shape index (κ1) is 11.2. The zero-order valence-electron chi connectivity index (χ0n) is 9.15. The maximum Gasteiger partial charge on any atom is 0.122 e. The number of hydrogen-bond donors (Lipinski definition) is 1. The molecule has 1 N–H and O–H groups in total. The largest absolute Gasteiger partial charge is 0.337 e. The third-order valence-corrected chi connectivity index (χ3v) is 2.70. The molecule has 4 heteroatoms. The van der Waals surface area contributed by atoms with Gasteiger partial charge in [-0.15, -0.1) is 0 Å². The van der Waals surface area contributed by atoms with E-state index in [2.05, 4.69) is 10.3 Å². The Kier molecular flexibility index (Phi) is 3.59. The van der Waals surface area contributed by atoms with E-state index in [0.29, 0.717) is 0 Å². The van der Waals surface area contributed by atoms with Crippen LogP contribution in [0, 0.1) is 0 Å². The number of imidazole rings is 1. The van der Waals surface area contributed by atoms with Gasteiger partial charge in [0.1, 0.15) is 5.82 Å². The highest BCUT2D eigenvalue weighted by Crippen LogP contribution is 2.09. The Morgan fingerprint density at radius 3 is 2.62 bits per heavy atom. The molecular weight excluding hydrogens is 222 g/mol. The lowest BCUT2D eigenvalue weighted by molar-refractivity contribution is 0.639. The molecule has 2 aromatic rings. The van der Waals surface area contributed by atoms with Crippen molar-refractivity contribution < 1.29 is 0 Å². The van der Waals surface area contributed by atoms with Crippen LogP contribution in [0.5, 0.6) is 0 Å². The summed E-state index contributed by atoms with van der Waals surface area (Å²) in [6.45, 7) is 1.59. The van der Waals surface area contributed by atoms with E-state index in [1.165, 1.54) is 5.56 Å². The number of halogens is 1. The quantitative estimate of drug-likeness (QED) is 0.882. The number of rotatable bonds is 4. The predicted octanol–water partition coefficient (Wildman–Crippen LogP) is 2.36. The summed E-state index contributed by atoms with van der Waals surface area (Å²) in [6, 6.07) is 7.85. The van der Waals surface area contributed by atoms with E-state index in [1.54, 1.807) is 6.20 Å². The predicted molar refractivity (Wildman–Crippen MR) is 65.2 cm³/mol. The molecule has 0 saturated carbocycles. The minimum absolute atomic E-state index is 0.770. The molecule has 0 bridgehead atoms. The van der Waals surface area contributed by atoms with Crippen LogP contribution >= 0.6 is 11.6 Å². The van der Waals surface area contributed by atoms with Crippen molar-refractivity contribution >= 4 is 11.6 Å². The van der Waals surface area contributed by atoms with Gasteiger partial charge < -0.3 is 9.88 Å². The topological polar surface area (TPSA) is 29.9 Å². The van der Waals surface area contributed by atoms with Gasteiger partial charge in [0.15, 0.2) is 0 Å². The minimum Gasteiger partial charge on any atom is -0.337 e. The van der Waals surface area contributed by atoms with Crippen LogP contribution in [0.1, 0.15) is 11.4 Å². The van der Waals surface area contributed by atoms with Crippen LogP contribution in [-0.4, -0.2) is 9.55 Å². The fourth-order valence-electron chi connectivity index (χ4n) is 1.49. The van der Waals surface area contributed by atoms with Crippen LogP contribution in [0.2, 0.25) is 5.02 Å². The van der Waals surface area contributed by atoms with Crippen molar-refractivity contribution in [3.8, 4) is 0 Å². The lowest BCUT2D eigenvalue weighted by Gasteiger charge is -2.05. The third-order valence-electron chi connectivity index (χ3n) is 2.45. The number of nitrogens with one attached hydrogen (secondary N) is 1. The average molecular weight is 236 g/mol. The molecule has 0 aliphatic heterocycles. The molecule has 0 aliphatic carbocycles. The summed E-state index contributed by atoms with van der Waals surface area (Å²) in [5.41, 5.74) is 1.22. The summed E-state index contributed by atoms with van der Waals surface area (Å²) in [4.78, 5) is 4.24. The molecule has 1 aromatic carbocycles. The lowest BCUT2D eigenvalue weighted by atomic mass is 10.2. The maximum absolute atomic E-state index is 5.81. The summed E-state index contributed by atoms with van der Waals surface area (Å²) < 4.78 is 2.01. The van der Waals surface area contributed by atoms with Crippen LogP contribution in [0.4, 0.5) is 0 Å². The van der Waals surface area contributed by atoms with Gasteiger partial charge in [0, 0.05) is 31.0 Å². The van der Waals surface area contributed by atoms with Gasteiger partial charge in [-0.1, -0.05) is 23.7 Å². The Morgan fingerprint density at radius 2 is 2.00 bits per heavy atom. The molecule has 0 saturated heterocycles. The van der Waals surface area contributed by atoms with Crippen LogP contribution < -0.4 is 5.32 Å². The van der Waals surface area contributed by atoms with E-state index in [-0.39, 0.29) is 0 Å². The lowest BCUT2D eigenvalue weighted by Crippen LogP contribution is -2.15. The highest BCUT2D eigenvalue weighted by molar-refractivity contribution is 6.30. The van der Waals surface area contributed by atoms with Crippen LogP contribution in [0.15, 0.2) is 36.7 Å². The summed E-state index contributed by atoms with van der Waals surface area (Å²) >= 11 is 5.81. The second-order valence-corrected chi connectivity index (χ2v) is 4.12. The first-order chi connectivity index (χ1) is 7.75. The molecule has 0 spiro atoms. The van der Waals surface area contributed by atoms with Crippen molar-refractivity contribution in [1.82, 2.24) is 14.9 Å². The number of benzene rings is 1. The molecule has 0 unspecified atom stereocenters. The second-order valence-electron chi connectivity index (χ2n) is 3.68. The minimum atomic E-state index is 0.770. The molecule has 2 rings (SSSR count).